The number of pyridine rings is 1. The number of aryl methyl sites for hydroxylation is 1. The molecular weight excluding hydrogens is 182 g/mol. The molecule has 1 aromatic heterocycles. The third-order valence-electron chi connectivity index (χ3n) is 2.39. The number of nitrogens with zero attached hydrogens (tertiary/aromatic N) is 1. The van der Waals surface area contributed by atoms with E-state index in [0.29, 0.717) is 0 Å². The maximum atomic E-state index is 4.38. The summed E-state index contributed by atoms with van der Waals surface area (Å²) in [6.07, 6.45) is 7.31. The lowest BCUT2D eigenvalue weighted by molar-refractivity contribution is 1.23. The van der Waals surface area contributed by atoms with E-state index in [1.54, 1.807) is 0 Å². The summed E-state index contributed by atoms with van der Waals surface area (Å²) in [5, 5.41) is 1.22. The molecule has 0 saturated heterocycles. The van der Waals surface area contributed by atoms with E-state index in [4.69, 9.17) is 0 Å². The Balaban J connectivity index is 2.49. The van der Waals surface area contributed by atoms with Gasteiger partial charge in [-0.2, -0.15) is 0 Å². The lowest BCUT2D eigenvalue weighted by Gasteiger charge is -2.00. The van der Waals surface area contributed by atoms with Crippen molar-refractivity contribution in [1.82, 2.24) is 4.98 Å². The number of fused-ring (bicyclic) bond motifs is 1. The summed E-state index contributed by atoms with van der Waals surface area (Å²) in [7, 11) is 0. The number of aromatic nitrogens is 1. The predicted molar refractivity (Wildman–Crippen MR) is 65.8 cm³/mol. The minimum atomic E-state index is 1.06. The van der Waals surface area contributed by atoms with Gasteiger partial charge >= 0.3 is 0 Å². The van der Waals surface area contributed by atoms with Crippen LogP contribution in [0.25, 0.3) is 17.0 Å². The van der Waals surface area contributed by atoms with Crippen molar-refractivity contribution in [2.24, 2.45) is 0 Å². The third-order valence-corrected chi connectivity index (χ3v) is 2.39. The van der Waals surface area contributed by atoms with Crippen molar-refractivity contribution in [3.8, 4) is 0 Å². The van der Waals surface area contributed by atoms with Crippen LogP contribution in [0.1, 0.15) is 24.5 Å². The first-order valence-electron chi connectivity index (χ1n) is 5.32. The first-order valence-corrected chi connectivity index (χ1v) is 5.32. The molecule has 0 amide bonds. The van der Waals surface area contributed by atoms with Crippen LogP contribution in [0.2, 0.25) is 0 Å². The molecule has 0 atom stereocenters. The van der Waals surface area contributed by atoms with Crippen LogP contribution in [0.4, 0.5) is 0 Å². The quantitative estimate of drug-likeness (QED) is 0.710. The molecule has 0 spiro atoms. The average Bonchev–Trinajstić information content (AvgIpc) is 2.25. The predicted octanol–water partition coefficient (Wildman–Crippen LogP) is 3.97. The molecule has 0 aliphatic carbocycles. The highest BCUT2D eigenvalue weighted by Crippen LogP contribution is 2.16. The second-order valence-corrected chi connectivity index (χ2v) is 3.78. The third kappa shape index (κ3) is 2.24. The van der Waals surface area contributed by atoms with Gasteiger partial charge < -0.3 is 0 Å². The number of benzene rings is 1. The summed E-state index contributed by atoms with van der Waals surface area (Å²) in [6.45, 7) is 4.21. The molecule has 0 aliphatic rings. The monoisotopic (exact) mass is 197 g/mol. The van der Waals surface area contributed by atoms with Gasteiger partial charge in [0.05, 0.1) is 5.52 Å². The smallest absolute Gasteiger partial charge is 0.0702 e. The van der Waals surface area contributed by atoms with Gasteiger partial charge in [0.25, 0.3) is 0 Å². The lowest BCUT2D eigenvalue weighted by atomic mass is 10.1. The normalized spacial score (nSPS) is 11.3. The lowest BCUT2D eigenvalue weighted by Crippen LogP contribution is -1.81. The highest BCUT2D eigenvalue weighted by atomic mass is 14.6. The first kappa shape index (κ1) is 9.91. The second kappa shape index (κ2) is 4.26. The summed E-state index contributed by atoms with van der Waals surface area (Å²) >= 11 is 0. The van der Waals surface area contributed by atoms with E-state index in [0.717, 1.165) is 11.9 Å². The fourth-order valence-corrected chi connectivity index (χ4v) is 1.62. The highest BCUT2D eigenvalue weighted by Gasteiger charge is 1.95. The Morgan fingerprint density at radius 1 is 1.27 bits per heavy atom. The molecule has 2 rings (SSSR count). The molecule has 1 heterocycles. The zero-order valence-corrected chi connectivity index (χ0v) is 9.20. The van der Waals surface area contributed by atoms with Crippen LogP contribution in [0, 0.1) is 6.92 Å². The standard InChI is InChI=1S/C14H15N/c1-3-4-5-12-6-7-14-13(9-12)8-11(2)10-15-14/h4-10H,3H2,1-2H3/b5-4+. The molecule has 1 aromatic carbocycles. The van der Waals surface area contributed by atoms with Gasteiger partial charge in [-0.1, -0.05) is 25.1 Å². The Bertz CT molecular complexity index is 498. The fraction of sp³-hybridized carbons (Fsp3) is 0.214. The van der Waals surface area contributed by atoms with E-state index in [-0.39, 0.29) is 0 Å². The topological polar surface area (TPSA) is 12.9 Å². The largest absolute Gasteiger partial charge is 0.256 e. The molecule has 1 nitrogen and oxygen atoms in total. The van der Waals surface area contributed by atoms with E-state index in [1.807, 2.05) is 6.20 Å². The average molecular weight is 197 g/mol. The molecule has 0 N–H and O–H groups in total. The van der Waals surface area contributed by atoms with Crippen molar-refractivity contribution in [3.63, 3.8) is 0 Å². The van der Waals surface area contributed by atoms with Crippen LogP contribution in [0.5, 0.6) is 0 Å². The van der Waals surface area contributed by atoms with Crippen molar-refractivity contribution in [3.05, 3.63) is 47.7 Å². The van der Waals surface area contributed by atoms with Crippen LogP contribution in [0.15, 0.2) is 36.5 Å². The van der Waals surface area contributed by atoms with E-state index >= 15 is 0 Å². The molecule has 1 heteroatoms. The molecule has 15 heavy (non-hydrogen) atoms. The SMILES string of the molecule is CC/C=C/c1ccc2ncc(C)cc2c1. The van der Waals surface area contributed by atoms with Crippen molar-refractivity contribution in [1.29, 1.82) is 0 Å². The summed E-state index contributed by atoms with van der Waals surface area (Å²) < 4.78 is 0. The summed E-state index contributed by atoms with van der Waals surface area (Å²) in [5.74, 6) is 0. The van der Waals surface area contributed by atoms with Gasteiger partial charge in [0.15, 0.2) is 0 Å². The molecule has 0 bridgehead atoms. The zero-order chi connectivity index (χ0) is 10.7. The van der Waals surface area contributed by atoms with E-state index in [1.165, 1.54) is 16.5 Å². The van der Waals surface area contributed by atoms with E-state index in [9.17, 15) is 0 Å². The minimum Gasteiger partial charge on any atom is -0.256 e. The summed E-state index contributed by atoms with van der Waals surface area (Å²) in [4.78, 5) is 4.38. The maximum Gasteiger partial charge on any atom is 0.0702 e. The Kier molecular flexibility index (Phi) is 2.82. The van der Waals surface area contributed by atoms with Crippen molar-refractivity contribution in [2.45, 2.75) is 20.3 Å². The highest BCUT2D eigenvalue weighted by molar-refractivity contribution is 5.81. The minimum absolute atomic E-state index is 1.06. The fourth-order valence-electron chi connectivity index (χ4n) is 1.62. The molecule has 0 aliphatic heterocycles. The molecular formula is C14H15N. The van der Waals surface area contributed by atoms with Crippen LogP contribution < -0.4 is 0 Å². The van der Waals surface area contributed by atoms with Crippen molar-refractivity contribution < 1.29 is 0 Å². The first-order chi connectivity index (χ1) is 7.29. The van der Waals surface area contributed by atoms with Gasteiger partial charge in [-0.15, -0.1) is 0 Å². The summed E-state index contributed by atoms with van der Waals surface area (Å²) in [6, 6.07) is 8.54. The second-order valence-electron chi connectivity index (χ2n) is 3.78. The van der Waals surface area contributed by atoms with Gasteiger partial charge in [-0.3, -0.25) is 4.98 Å². The van der Waals surface area contributed by atoms with Crippen molar-refractivity contribution >= 4 is 17.0 Å². The molecule has 0 fully saturated rings. The van der Waals surface area contributed by atoms with Gasteiger partial charge in [0.2, 0.25) is 0 Å². The van der Waals surface area contributed by atoms with Crippen LogP contribution in [-0.4, -0.2) is 4.98 Å². The van der Waals surface area contributed by atoms with Gasteiger partial charge in [0, 0.05) is 11.6 Å². The van der Waals surface area contributed by atoms with E-state index in [2.05, 4.69) is 55.2 Å². The molecule has 2 aromatic rings. The zero-order valence-electron chi connectivity index (χ0n) is 9.20. The number of hydrogen-bond donors (Lipinski definition) is 0. The molecule has 0 unspecified atom stereocenters. The number of rotatable bonds is 2. The Hall–Kier alpha value is -1.63. The van der Waals surface area contributed by atoms with Gasteiger partial charge in [-0.25, -0.2) is 0 Å². The Morgan fingerprint density at radius 2 is 2.13 bits per heavy atom. The Labute approximate surface area is 90.5 Å². The van der Waals surface area contributed by atoms with Crippen LogP contribution in [0.3, 0.4) is 0 Å². The van der Waals surface area contributed by atoms with Gasteiger partial charge in [0.1, 0.15) is 0 Å². The van der Waals surface area contributed by atoms with Crippen LogP contribution >= 0.6 is 0 Å². The molecule has 76 valence electrons. The van der Waals surface area contributed by atoms with Crippen molar-refractivity contribution in [2.75, 3.05) is 0 Å². The summed E-state index contributed by atoms with van der Waals surface area (Å²) in [5.41, 5.74) is 3.52. The number of hydrogen-bond acceptors (Lipinski definition) is 1. The number of allylic oxidation sites excluding steroid dienone is 1. The maximum absolute atomic E-state index is 4.38. The molecule has 0 radical (unpaired) electrons. The Morgan fingerprint density at radius 3 is 2.93 bits per heavy atom. The van der Waals surface area contributed by atoms with Gasteiger partial charge in [-0.05, 0) is 42.7 Å². The van der Waals surface area contributed by atoms with E-state index < -0.39 is 0 Å². The molecule has 0 saturated carbocycles. The van der Waals surface area contributed by atoms with Crippen LogP contribution in [-0.2, 0) is 0 Å².